The molecule has 0 aromatic rings. The fourth-order valence-corrected chi connectivity index (χ4v) is 2.93. The van der Waals surface area contributed by atoms with Gasteiger partial charge in [0.15, 0.2) is 0 Å². The second kappa shape index (κ2) is 5.25. The fraction of sp³-hybridized carbons (Fsp3) is 1.00. The topological polar surface area (TPSA) is 44.3 Å². The van der Waals surface area contributed by atoms with Gasteiger partial charge in [-0.2, -0.15) is 0 Å². The van der Waals surface area contributed by atoms with Gasteiger partial charge in [-0.15, -0.1) is 0 Å². The molecule has 17 heavy (non-hydrogen) atoms. The summed E-state index contributed by atoms with van der Waals surface area (Å²) in [5.41, 5.74) is -0.0222. The lowest BCUT2D eigenvalue weighted by Gasteiger charge is -2.41. The molecular formula is C14H28N2O. The monoisotopic (exact) mass is 240 g/mol. The zero-order valence-corrected chi connectivity index (χ0v) is 11.4. The minimum atomic E-state index is -0.451. The first-order valence-electron chi connectivity index (χ1n) is 7.16. The highest BCUT2D eigenvalue weighted by atomic mass is 16.3. The lowest BCUT2D eigenvalue weighted by Crippen LogP contribution is -2.51. The van der Waals surface area contributed by atoms with Gasteiger partial charge in [0.1, 0.15) is 0 Å². The predicted molar refractivity (Wildman–Crippen MR) is 71.1 cm³/mol. The molecule has 1 saturated carbocycles. The second-order valence-electron chi connectivity index (χ2n) is 6.81. The molecule has 1 atom stereocenters. The first-order valence-corrected chi connectivity index (χ1v) is 7.16. The Morgan fingerprint density at radius 2 is 1.94 bits per heavy atom. The van der Waals surface area contributed by atoms with Crippen LogP contribution < -0.4 is 10.6 Å². The summed E-state index contributed by atoms with van der Waals surface area (Å²) in [6.45, 7) is 7.60. The molecule has 3 N–H and O–H groups in total. The van der Waals surface area contributed by atoms with Gasteiger partial charge in [-0.05, 0) is 50.5 Å². The molecule has 3 heteroatoms. The largest absolute Gasteiger partial charge is 0.389 e. The Labute approximate surface area is 105 Å². The lowest BCUT2D eigenvalue weighted by atomic mass is 9.71. The van der Waals surface area contributed by atoms with Crippen LogP contribution in [-0.4, -0.2) is 36.4 Å². The number of aliphatic hydroxyl groups is 1. The predicted octanol–water partition coefficient (Wildman–Crippen LogP) is 1.66. The van der Waals surface area contributed by atoms with E-state index in [4.69, 9.17) is 0 Å². The standard InChI is InChI=1S/C14H28N2O/c1-13(2)5-7-14(17,8-6-13)11-16-12-4-3-9-15-10-12/h12,15-17H,3-11H2,1-2H3. The molecule has 2 fully saturated rings. The molecule has 3 nitrogen and oxygen atoms in total. The van der Waals surface area contributed by atoms with Crippen LogP contribution in [0, 0.1) is 5.41 Å². The Bertz CT molecular complexity index is 237. The molecule has 0 radical (unpaired) electrons. The maximum Gasteiger partial charge on any atom is 0.0772 e. The summed E-state index contributed by atoms with van der Waals surface area (Å²) in [5, 5.41) is 17.5. The van der Waals surface area contributed by atoms with Crippen LogP contribution in [-0.2, 0) is 0 Å². The zero-order chi connectivity index (χ0) is 12.4. The van der Waals surface area contributed by atoms with Gasteiger partial charge >= 0.3 is 0 Å². The van der Waals surface area contributed by atoms with Crippen molar-refractivity contribution < 1.29 is 5.11 Å². The quantitative estimate of drug-likeness (QED) is 0.703. The maximum absolute atomic E-state index is 10.6. The van der Waals surface area contributed by atoms with Crippen LogP contribution in [0.25, 0.3) is 0 Å². The first-order chi connectivity index (χ1) is 7.99. The third-order valence-corrected chi connectivity index (χ3v) is 4.55. The van der Waals surface area contributed by atoms with Gasteiger partial charge in [-0.3, -0.25) is 0 Å². The van der Waals surface area contributed by atoms with E-state index in [1.54, 1.807) is 0 Å². The van der Waals surface area contributed by atoms with Crippen molar-refractivity contribution in [2.75, 3.05) is 19.6 Å². The number of hydrogen-bond acceptors (Lipinski definition) is 3. The average molecular weight is 240 g/mol. The van der Waals surface area contributed by atoms with Crippen LogP contribution in [0.15, 0.2) is 0 Å². The minimum absolute atomic E-state index is 0.429. The van der Waals surface area contributed by atoms with E-state index < -0.39 is 5.60 Å². The van der Waals surface area contributed by atoms with Crippen LogP contribution >= 0.6 is 0 Å². The highest BCUT2D eigenvalue weighted by Gasteiger charge is 2.36. The molecule has 1 aliphatic carbocycles. The van der Waals surface area contributed by atoms with Crippen molar-refractivity contribution in [3.8, 4) is 0 Å². The van der Waals surface area contributed by atoms with E-state index in [2.05, 4.69) is 24.5 Å². The number of rotatable bonds is 3. The summed E-state index contributed by atoms with van der Waals surface area (Å²) in [5.74, 6) is 0. The van der Waals surface area contributed by atoms with Gasteiger partial charge in [0.05, 0.1) is 5.60 Å². The Hall–Kier alpha value is -0.120. The van der Waals surface area contributed by atoms with Crippen LogP contribution in [0.2, 0.25) is 0 Å². The Kier molecular flexibility index (Phi) is 4.11. The van der Waals surface area contributed by atoms with Gasteiger partial charge in [-0.25, -0.2) is 0 Å². The summed E-state index contributed by atoms with van der Waals surface area (Å²) in [4.78, 5) is 0. The van der Waals surface area contributed by atoms with E-state index in [1.165, 1.54) is 12.8 Å². The summed E-state index contributed by atoms with van der Waals surface area (Å²) in [6, 6.07) is 0.558. The Balaban J connectivity index is 1.74. The van der Waals surface area contributed by atoms with E-state index >= 15 is 0 Å². The number of nitrogens with one attached hydrogen (secondary N) is 2. The van der Waals surface area contributed by atoms with Crippen molar-refractivity contribution in [1.82, 2.24) is 10.6 Å². The minimum Gasteiger partial charge on any atom is -0.389 e. The van der Waals surface area contributed by atoms with Crippen LogP contribution in [0.4, 0.5) is 0 Å². The average Bonchev–Trinajstić information content (AvgIpc) is 2.33. The molecule has 100 valence electrons. The van der Waals surface area contributed by atoms with Gasteiger partial charge in [0, 0.05) is 19.1 Å². The van der Waals surface area contributed by atoms with E-state index in [0.717, 1.165) is 45.3 Å². The van der Waals surface area contributed by atoms with Crippen LogP contribution in [0.3, 0.4) is 0 Å². The summed E-state index contributed by atoms with van der Waals surface area (Å²) in [6.07, 6.45) is 6.69. The van der Waals surface area contributed by atoms with Crippen molar-refractivity contribution in [3.05, 3.63) is 0 Å². The van der Waals surface area contributed by atoms with Gasteiger partial charge in [0.2, 0.25) is 0 Å². The second-order valence-corrected chi connectivity index (χ2v) is 6.81. The van der Waals surface area contributed by atoms with Crippen molar-refractivity contribution >= 4 is 0 Å². The third kappa shape index (κ3) is 3.94. The highest BCUT2D eigenvalue weighted by molar-refractivity contribution is 4.91. The number of piperidine rings is 1. The third-order valence-electron chi connectivity index (χ3n) is 4.55. The summed E-state index contributed by atoms with van der Waals surface area (Å²) >= 11 is 0. The summed E-state index contributed by atoms with van der Waals surface area (Å²) in [7, 11) is 0. The van der Waals surface area contributed by atoms with Crippen LogP contribution in [0.5, 0.6) is 0 Å². The number of hydrogen-bond donors (Lipinski definition) is 3. The molecule has 0 spiro atoms. The van der Waals surface area contributed by atoms with Crippen molar-refractivity contribution in [1.29, 1.82) is 0 Å². The molecule has 1 unspecified atom stereocenters. The smallest absolute Gasteiger partial charge is 0.0772 e. The fourth-order valence-electron chi connectivity index (χ4n) is 2.93. The van der Waals surface area contributed by atoms with Crippen molar-refractivity contribution in [2.24, 2.45) is 5.41 Å². The molecule has 0 aromatic heterocycles. The normalized spacial score (nSPS) is 32.3. The Morgan fingerprint density at radius 1 is 1.24 bits per heavy atom. The molecule has 0 aromatic carbocycles. The highest BCUT2D eigenvalue weighted by Crippen LogP contribution is 2.39. The van der Waals surface area contributed by atoms with E-state index in [0.29, 0.717) is 11.5 Å². The van der Waals surface area contributed by atoms with Gasteiger partial charge < -0.3 is 15.7 Å². The molecule has 0 bridgehead atoms. The van der Waals surface area contributed by atoms with Gasteiger partial charge in [-0.1, -0.05) is 13.8 Å². The van der Waals surface area contributed by atoms with Crippen LogP contribution in [0.1, 0.15) is 52.4 Å². The molecule has 1 aliphatic heterocycles. The van der Waals surface area contributed by atoms with E-state index in [1.807, 2.05) is 0 Å². The summed E-state index contributed by atoms with van der Waals surface area (Å²) < 4.78 is 0. The molecule has 1 saturated heterocycles. The van der Waals surface area contributed by atoms with E-state index in [9.17, 15) is 5.11 Å². The molecular weight excluding hydrogens is 212 g/mol. The van der Waals surface area contributed by atoms with Crippen molar-refractivity contribution in [3.63, 3.8) is 0 Å². The van der Waals surface area contributed by atoms with Crippen molar-refractivity contribution in [2.45, 2.75) is 64.0 Å². The molecule has 2 aliphatic rings. The van der Waals surface area contributed by atoms with E-state index in [-0.39, 0.29) is 0 Å². The first kappa shape index (κ1) is 13.3. The Morgan fingerprint density at radius 3 is 2.53 bits per heavy atom. The maximum atomic E-state index is 10.6. The molecule has 0 amide bonds. The molecule has 1 heterocycles. The lowest BCUT2D eigenvalue weighted by molar-refractivity contribution is -0.0264. The SMILES string of the molecule is CC1(C)CCC(O)(CNC2CCCNC2)CC1. The zero-order valence-electron chi connectivity index (χ0n) is 11.4. The molecule has 2 rings (SSSR count). The van der Waals surface area contributed by atoms with Gasteiger partial charge in [0.25, 0.3) is 0 Å².